The quantitative estimate of drug-likeness (QED) is 0.296. The van der Waals surface area contributed by atoms with E-state index in [1.807, 2.05) is 6.08 Å². The van der Waals surface area contributed by atoms with Gasteiger partial charge in [-0.1, -0.05) is 103 Å². The van der Waals surface area contributed by atoms with Crippen LogP contribution in [0, 0.1) is 11.8 Å². The molecule has 1 rings (SSSR count). The Kier molecular flexibility index (Phi) is 12.4. The second kappa shape index (κ2) is 14.0. The predicted octanol–water partition coefficient (Wildman–Crippen LogP) is 7.11. The zero-order valence-electron chi connectivity index (χ0n) is 19.3. The highest BCUT2D eigenvalue weighted by Gasteiger charge is 2.27. The zero-order valence-corrected chi connectivity index (χ0v) is 19.3. The normalized spacial score (nSPS) is 15.8. The molecule has 1 aromatic carbocycles. The molecule has 0 aliphatic carbocycles. The number of nitrogens with one attached hydrogen (secondary N) is 2. The molecular formula is C26H46N2. The van der Waals surface area contributed by atoms with Gasteiger partial charge in [-0.2, -0.15) is 0 Å². The average Bonchev–Trinajstić information content (AvgIpc) is 2.74. The molecule has 2 heteroatoms. The van der Waals surface area contributed by atoms with E-state index in [0.29, 0.717) is 0 Å². The summed E-state index contributed by atoms with van der Waals surface area (Å²) >= 11 is 0. The van der Waals surface area contributed by atoms with Gasteiger partial charge in [0.15, 0.2) is 0 Å². The highest BCUT2D eigenvalue weighted by atomic mass is 15.2. The average molecular weight is 387 g/mol. The van der Waals surface area contributed by atoms with Crippen LogP contribution in [0.4, 0.5) is 0 Å². The molecule has 0 saturated heterocycles. The van der Waals surface area contributed by atoms with Crippen LogP contribution in [0.5, 0.6) is 0 Å². The summed E-state index contributed by atoms with van der Waals surface area (Å²) in [6.07, 6.45) is 12.3. The molecule has 2 N–H and O–H groups in total. The summed E-state index contributed by atoms with van der Waals surface area (Å²) < 4.78 is 0. The topological polar surface area (TPSA) is 24.1 Å². The van der Waals surface area contributed by atoms with Gasteiger partial charge in [-0.3, -0.25) is 10.6 Å². The first kappa shape index (κ1) is 24.9. The van der Waals surface area contributed by atoms with Gasteiger partial charge in [0.1, 0.15) is 0 Å². The maximum Gasteiger partial charge on any atom is 0.0921 e. The van der Waals surface area contributed by atoms with Crippen LogP contribution in [0.2, 0.25) is 0 Å². The minimum Gasteiger partial charge on any atom is -0.296 e. The van der Waals surface area contributed by atoms with E-state index < -0.39 is 0 Å². The Hall–Kier alpha value is -1.12. The van der Waals surface area contributed by atoms with E-state index in [9.17, 15) is 0 Å². The van der Waals surface area contributed by atoms with E-state index in [2.05, 4.69) is 76.1 Å². The number of rotatable bonds is 16. The largest absolute Gasteiger partial charge is 0.296 e. The van der Waals surface area contributed by atoms with Gasteiger partial charge in [0, 0.05) is 0 Å². The predicted molar refractivity (Wildman–Crippen MR) is 127 cm³/mol. The Labute approximate surface area is 175 Å². The molecule has 2 nitrogen and oxygen atoms in total. The Morgan fingerprint density at radius 1 is 0.857 bits per heavy atom. The number of unbranched alkanes of at least 4 members (excludes halogenated alkanes) is 2. The summed E-state index contributed by atoms with van der Waals surface area (Å²) in [5.74, 6) is 1.49. The highest BCUT2D eigenvalue weighted by molar-refractivity contribution is 5.47. The van der Waals surface area contributed by atoms with Crippen molar-refractivity contribution in [3.05, 3.63) is 42.0 Å². The van der Waals surface area contributed by atoms with Crippen LogP contribution in [0.3, 0.4) is 0 Å². The Balaban J connectivity index is 2.89. The molecule has 0 bridgehead atoms. The van der Waals surface area contributed by atoms with Gasteiger partial charge in [0.25, 0.3) is 0 Å². The lowest BCUT2D eigenvalue weighted by Crippen LogP contribution is -2.54. The van der Waals surface area contributed by atoms with Crippen LogP contribution < -0.4 is 10.6 Å². The molecule has 0 spiro atoms. The van der Waals surface area contributed by atoms with Crippen LogP contribution in [0.1, 0.15) is 97.1 Å². The summed E-state index contributed by atoms with van der Waals surface area (Å²) in [5.41, 5.74) is 2.29. The third kappa shape index (κ3) is 8.49. The van der Waals surface area contributed by atoms with Crippen molar-refractivity contribution in [2.75, 3.05) is 13.1 Å². The fourth-order valence-corrected chi connectivity index (χ4v) is 3.80. The third-order valence-electron chi connectivity index (χ3n) is 6.30. The van der Waals surface area contributed by atoms with E-state index in [-0.39, 0.29) is 5.66 Å². The first-order valence-electron chi connectivity index (χ1n) is 11.8. The molecule has 0 fully saturated rings. The third-order valence-corrected chi connectivity index (χ3v) is 6.30. The lowest BCUT2D eigenvalue weighted by atomic mass is 9.94. The minimum atomic E-state index is -0.195. The SMILES string of the molecule is C=Cc1ccc(C(C)(NCC(CC)CCCC)NCC(CC)CCCC)cc1. The van der Waals surface area contributed by atoms with Gasteiger partial charge >= 0.3 is 0 Å². The smallest absolute Gasteiger partial charge is 0.0921 e. The molecule has 0 aliphatic heterocycles. The molecule has 0 radical (unpaired) electrons. The first-order chi connectivity index (χ1) is 13.5. The van der Waals surface area contributed by atoms with E-state index in [1.165, 1.54) is 62.5 Å². The first-order valence-corrected chi connectivity index (χ1v) is 11.8. The van der Waals surface area contributed by atoms with Crippen molar-refractivity contribution in [1.82, 2.24) is 10.6 Å². The Morgan fingerprint density at radius 2 is 1.32 bits per heavy atom. The van der Waals surface area contributed by atoms with Crippen LogP contribution in [0.25, 0.3) is 6.08 Å². The number of benzene rings is 1. The molecule has 2 unspecified atom stereocenters. The van der Waals surface area contributed by atoms with Crippen molar-refractivity contribution in [2.45, 2.75) is 91.6 Å². The Bertz CT molecular complexity index is 500. The summed E-state index contributed by atoms with van der Waals surface area (Å²) in [7, 11) is 0. The van der Waals surface area contributed by atoms with E-state index in [0.717, 1.165) is 24.9 Å². The lowest BCUT2D eigenvalue weighted by Gasteiger charge is -2.36. The fraction of sp³-hybridized carbons (Fsp3) is 0.692. The van der Waals surface area contributed by atoms with Crippen molar-refractivity contribution in [3.8, 4) is 0 Å². The molecule has 28 heavy (non-hydrogen) atoms. The van der Waals surface area contributed by atoms with Crippen molar-refractivity contribution in [2.24, 2.45) is 11.8 Å². The van der Waals surface area contributed by atoms with E-state index in [4.69, 9.17) is 0 Å². The molecule has 1 aromatic rings. The standard InChI is InChI=1S/C26H46N2/c1-7-12-14-23(10-4)20-27-26(6,25-18-16-22(9-3)17-19-25)28-21-24(11-5)15-13-8-2/h9,16-19,23-24,27-28H,3,7-8,10-15,20-21H2,1-2,4-6H3. The summed E-state index contributed by atoms with van der Waals surface area (Å²) in [5, 5.41) is 7.82. The lowest BCUT2D eigenvalue weighted by molar-refractivity contribution is 0.238. The van der Waals surface area contributed by atoms with Crippen molar-refractivity contribution in [1.29, 1.82) is 0 Å². The number of hydrogen-bond acceptors (Lipinski definition) is 2. The van der Waals surface area contributed by atoms with Crippen molar-refractivity contribution in [3.63, 3.8) is 0 Å². The monoisotopic (exact) mass is 386 g/mol. The molecule has 0 saturated carbocycles. The van der Waals surface area contributed by atoms with Gasteiger partial charge in [-0.25, -0.2) is 0 Å². The van der Waals surface area contributed by atoms with E-state index in [1.54, 1.807) is 0 Å². The molecule has 0 aromatic heterocycles. The van der Waals surface area contributed by atoms with Gasteiger partial charge < -0.3 is 0 Å². The van der Waals surface area contributed by atoms with Crippen molar-refractivity contribution < 1.29 is 0 Å². The van der Waals surface area contributed by atoms with Gasteiger partial charge in [0.2, 0.25) is 0 Å². The highest BCUT2D eigenvalue weighted by Crippen LogP contribution is 2.22. The molecular weight excluding hydrogens is 340 g/mol. The van der Waals surface area contributed by atoms with Crippen LogP contribution in [-0.4, -0.2) is 13.1 Å². The second-order valence-corrected chi connectivity index (χ2v) is 8.55. The molecule has 160 valence electrons. The molecule has 0 amide bonds. The zero-order chi connectivity index (χ0) is 20.8. The summed E-state index contributed by atoms with van der Waals surface area (Å²) in [6, 6.07) is 8.84. The summed E-state index contributed by atoms with van der Waals surface area (Å²) in [6.45, 7) is 17.6. The maximum atomic E-state index is 3.91. The van der Waals surface area contributed by atoms with Crippen LogP contribution in [0.15, 0.2) is 30.8 Å². The van der Waals surface area contributed by atoms with E-state index >= 15 is 0 Å². The van der Waals surface area contributed by atoms with Crippen LogP contribution in [-0.2, 0) is 5.66 Å². The maximum absolute atomic E-state index is 3.91. The fourth-order valence-electron chi connectivity index (χ4n) is 3.80. The second-order valence-electron chi connectivity index (χ2n) is 8.55. The van der Waals surface area contributed by atoms with Crippen LogP contribution >= 0.6 is 0 Å². The number of hydrogen-bond donors (Lipinski definition) is 2. The Morgan fingerprint density at radius 3 is 1.68 bits per heavy atom. The van der Waals surface area contributed by atoms with Gasteiger partial charge in [-0.05, 0) is 55.8 Å². The summed E-state index contributed by atoms with van der Waals surface area (Å²) in [4.78, 5) is 0. The molecule has 0 heterocycles. The van der Waals surface area contributed by atoms with Crippen molar-refractivity contribution >= 4 is 6.08 Å². The van der Waals surface area contributed by atoms with Gasteiger partial charge in [-0.15, -0.1) is 0 Å². The molecule has 0 aliphatic rings. The molecule has 2 atom stereocenters. The van der Waals surface area contributed by atoms with Gasteiger partial charge in [0.05, 0.1) is 5.66 Å². The minimum absolute atomic E-state index is 0.195.